The van der Waals surface area contributed by atoms with E-state index in [-0.39, 0.29) is 0 Å². The summed E-state index contributed by atoms with van der Waals surface area (Å²) >= 11 is 0. The highest BCUT2D eigenvalue weighted by molar-refractivity contribution is 5.94. The van der Waals surface area contributed by atoms with Crippen LogP contribution in [0.4, 0.5) is 5.82 Å². The molecule has 4 aromatic heterocycles. The van der Waals surface area contributed by atoms with Crippen molar-refractivity contribution in [3.63, 3.8) is 0 Å². The Kier molecular flexibility index (Phi) is 4.58. The summed E-state index contributed by atoms with van der Waals surface area (Å²) in [6.07, 6.45) is 7.84. The lowest BCUT2D eigenvalue weighted by molar-refractivity contribution is 0.312. The van der Waals surface area contributed by atoms with Crippen LogP contribution in [0.1, 0.15) is 0 Å². The van der Waals surface area contributed by atoms with Crippen molar-refractivity contribution in [2.45, 2.75) is 0 Å². The lowest BCUT2D eigenvalue weighted by Crippen LogP contribution is -2.44. The highest BCUT2D eigenvalue weighted by Gasteiger charge is 2.15. The third kappa shape index (κ3) is 3.29. The van der Waals surface area contributed by atoms with Crippen molar-refractivity contribution >= 4 is 22.4 Å². The first-order valence-corrected chi connectivity index (χ1v) is 11.0. The predicted molar refractivity (Wildman–Crippen MR) is 129 cm³/mol. The Balaban J connectivity index is 1.33. The van der Waals surface area contributed by atoms with E-state index in [1.165, 1.54) is 0 Å². The summed E-state index contributed by atoms with van der Waals surface area (Å²) in [6.45, 7) is 4.20. The summed E-state index contributed by atoms with van der Waals surface area (Å²) in [5.41, 5.74) is 6.32. The second kappa shape index (κ2) is 7.73. The minimum atomic E-state index is 0.918. The molecular formula is C26H24N6. The summed E-state index contributed by atoms with van der Waals surface area (Å²) < 4.78 is 2.14. The Morgan fingerprint density at radius 2 is 1.69 bits per heavy atom. The molecule has 0 saturated carbocycles. The molecule has 0 radical (unpaired) electrons. The molecule has 0 spiro atoms. The molecule has 6 rings (SSSR count). The number of aromatic nitrogens is 4. The normalized spacial score (nSPS) is 15.0. The lowest BCUT2D eigenvalue weighted by Gasteiger charge is -2.33. The number of likely N-dealkylation sites (N-methyl/N-ethyl adjacent to an activating group) is 1. The minimum Gasteiger partial charge on any atom is -0.354 e. The van der Waals surface area contributed by atoms with Crippen LogP contribution in [-0.2, 0) is 0 Å². The fourth-order valence-electron chi connectivity index (χ4n) is 4.47. The van der Waals surface area contributed by atoms with Gasteiger partial charge in [-0.05, 0) is 49.0 Å². The number of fused-ring (bicyclic) bond motifs is 2. The summed E-state index contributed by atoms with van der Waals surface area (Å²) in [7, 11) is 2.17. The van der Waals surface area contributed by atoms with Gasteiger partial charge in [0, 0.05) is 61.3 Å². The average Bonchev–Trinajstić information content (AvgIpc) is 3.27. The molecule has 0 bridgehead atoms. The van der Waals surface area contributed by atoms with Gasteiger partial charge in [0.1, 0.15) is 11.5 Å². The zero-order valence-electron chi connectivity index (χ0n) is 18.0. The molecule has 0 amide bonds. The van der Waals surface area contributed by atoms with Crippen molar-refractivity contribution in [2.75, 3.05) is 38.1 Å². The Bertz CT molecular complexity index is 1390. The van der Waals surface area contributed by atoms with E-state index in [1.54, 1.807) is 0 Å². The van der Waals surface area contributed by atoms with Gasteiger partial charge < -0.3 is 9.80 Å². The maximum Gasteiger partial charge on any atom is 0.137 e. The first-order chi connectivity index (χ1) is 15.8. The smallest absolute Gasteiger partial charge is 0.137 e. The molecule has 1 aliphatic heterocycles. The highest BCUT2D eigenvalue weighted by Crippen LogP contribution is 2.30. The maximum absolute atomic E-state index is 4.74. The van der Waals surface area contributed by atoms with Crippen LogP contribution >= 0.6 is 0 Å². The van der Waals surface area contributed by atoms with Crippen LogP contribution in [0.3, 0.4) is 0 Å². The summed E-state index contributed by atoms with van der Waals surface area (Å²) in [6, 6.07) is 18.9. The molecule has 5 aromatic rings. The highest BCUT2D eigenvalue weighted by atomic mass is 15.3. The number of anilines is 1. The minimum absolute atomic E-state index is 0.918. The van der Waals surface area contributed by atoms with Crippen molar-refractivity contribution in [3.8, 4) is 22.4 Å². The van der Waals surface area contributed by atoms with E-state index in [0.29, 0.717) is 0 Å². The number of nitrogens with zero attached hydrogens (tertiary/aromatic N) is 6. The molecule has 158 valence electrons. The fourth-order valence-corrected chi connectivity index (χ4v) is 4.47. The van der Waals surface area contributed by atoms with Gasteiger partial charge in [-0.15, -0.1) is 0 Å². The third-order valence-corrected chi connectivity index (χ3v) is 6.34. The quantitative estimate of drug-likeness (QED) is 0.434. The lowest BCUT2D eigenvalue weighted by atomic mass is 10.1. The molecule has 1 fully saturated rings. The van der Waals surface area contributed by atoms with E-state index >= 15 is 0 Å². The fraction of sp³-hybridized carbons (Fsp3) is 0.192. The molecule has 0 atom stereocenters. The van der Waals surface area contributed by atoms with Crippen LogP contribution in [0.5, 0.6) is 0 Å². The van der Waals surface area contributed by atoms with Crippen molar-refractivity contribution in [1.29, 1.82) is 0 Å². The standard InChI is InChI=1S/C26H24N6/c1-30-12-14-31(15-13-30)25-8-7-20(17-28-25)19-9-11-32-24(18-29-26(32)16-19)22-4-2-6-23-21(22)5-3-10-27-23/h2-11,16-18H,12-15H2,1H3. The molecule has 1 aliphatic rings. The molecule has 32 heavy (non-hydrogen) atoms. The maximum atomic E-state index is 4.74. The number of rotatable bonds is 3. The van der Waals surface area contributed by atoms with E-state index in [9.17, 15) is 0 Å². The molecule has 1 saturated heterocycles. The van der Waals surface area contributed by atoms with E-state index in [1.807, 2.05) is 36.8 Å². The molecule has 0 unspecified atom stereocenters. The summed E-state index contributed by atoms with van der Waals surface area (Å²) in [5.74, 6) is 1.05. The van der Waals surface area contributed by atoms with Crippen LogP contribution in [0.25, 0.3) is 38.9 Å². The van der Waals surface area contributed by atoms with Crippen LogP contribution in [-0.4, -0.2) is 57.5 Å². The number of benzene rings is 1. The molecule has 0 N–H and O–H groups in total. The van der Waals surface area contributed by atoms with Gasteiger partial charge in [-0.1, -0.05) is 18.2 Å². The van der Waals surface area contributed by atoms with Crippen molar-refractivity contribution in [1.82, 2.24) is 24.3 Å². The average molecular weight is 421 g/mol. The zero-order valence-corrected chi connectivity index (χ0v) is 18.0. The van der Waals surface area contributed by atoms with Gasteiger partial charge in [-0.25, -0.2) is 9.97 Å². The van der Waals surface area contributed by atoms with Crippen LogP contribution < -0.4 is 4.90 Å². The molecular weight excluding hydrogens is 396 g/mol. The largest absolute Gasteiger partial charge is 0.354 e. The monoisotopic (exact) mass is 420 g/mol. The summed E-state index contributed by atoms with van der Waals surface area (Å²) in [4.78, 5) is 18.6. The van der Waals surface area contributed by atoms with Gasteiger partial charge in [-0.3, -0.25) is 9.38 Å². The Labute approximate surface area is 186 Å². The van der Waals surface area contributed by atoms with E-state index in [4.69, 9.17) is 9.97 Å². The number of imidazole rings is 1. The second-order valence-corrected chi connectivity index (χ2v) is 8.36. The van der Waals surface area contributed by atoms with Crippen LogP contribution in [0, 0.1) is 0 Å². The van der Waals surface area contributed by atoms with E-state index < -0.39 is 0 Å². The third-order valence-electron chi connectivity index (χ3n) is 6.34. The topological polar surface area (TPSA) is 49.6 Å². The number of piperazine rings is 1. The molecule has 0 aliphatic carbocycles. The Morgan fingerprint density at radius 1 is 0.781 bits per heavy atom. The van der Waals surface area contributed by atoms with Crippen molar-refractivity contribution in [2.24, 2.45) is 0 Å². The zero-order chi connectivity index (χ0) is 21.5. The van der Waals surface area contributed by atoms with Gasteiger partial charge in [0.15, 0.2) is 0 Å². The Morgan fingerprint density at radius 3 is 2.53 bits per heavy atom. The van der Waals surface area contributed by atoms with Crippen molar-refractivity contribution in [3.05, 3.63) is 79.4 Å². The second-order valence-electron chi connectivity index (χ2n) is 8.36. The number of hydrogen-bond donors (Lipinski definition) is 0. The first kappa shape index (κ1) is 19.0. The molecule has 1 aromatic carbocycles. The first-order valence-electron chi connectivity index (χ1n) is 11.0. The molecule has 6 heteroatoms. The predicted octanol–water partition coefficient (Wildman–Crippen LogP) is 4.36. The number of hydrogen-bond acceptors (Lipinski definition) is 5. The van der Waals surface area contributed by atoms with Gasteiger partial charge in [0.25, 0.3) is 0 Å². The van der Waals surface area contributed by atoms with Gasteiger partial charge in [0.2, 0.25) is 0 Å². The van der Waals surface area contributed by atoms with Gasteiger partial charge in [-0.2, -0.15) is 0 Å². The van der Waals surface area contributed by atoms with Crippen LogP contribution in [0.15, 0.2) is 79.4 Å². The Hall–Kier alpha value is -3.77. The van der Waals surface area contributed by atoms with Crippen LogP contribution in [0.2, 0.25) is 0 Å². The molecule has 6 nitrogen and oxygen atoms in total. The van der Waals surface area contributed by atoms with E-state index in [2.05, 4.69) is 68.8 Å². The van der Waals surface area contributed by atoms with Gasteiger partial charge >= 0.3 is 0 Å². The SMILES string of the molecule is CN1CCN(c2ccc(-c3ccn4c(-c5cccc6ncccc56)cnc4c3)cn2)CC1. The number of pyridine rings is 3. The van der Waals surface area contributed by atoms with Gasteiger partial charge in [0.05, 0.1) is 17.4 Å². The summed E-state index contributed by atoms with van der Waals surface area (Å²) in [5, 5.41) is 1.13. The van der Waals surface area contributed by atoms with Crippen molar-refractivity contribution < 1.29 is 0 Å². The molecule has 5 heterocycles. The van der Waals surface area contributed by atoms with E-state index in [0.717, 1.165) is 70.9 Å².